The monoisotopic (exact) mass is 229 g/mol. The Hall–Kier alpha value is -1.56. The average Bonchev–Trinajstić information content (AvgIpc) is 2.65. The van der Waals surface area contributed by atoms with E-state index in [1.165, 1.54) is 18.4 Å². The van der Waals surface area contributed by atoms with Crippen LogP contribution in [0.2, 0.25) is 0 Å². The first kappa shape index (κ1) is 11.5. The highest BCUT2D eigenvalue weighted by molar-refractivity contribution is 7.12. The average molecular weight is 229 g/mol. The van der Waals surface area contributed by atoms with Gasteiger partial charge in [-0.15, -0.1) is 11.3 Å². The molecule has 0 unspecified atom stereocenters. The van der Waals surface area contributed by atoms with Gasteiger partial charge >= 0.3 is 12.1 Å². The Morgan fingerprint density at radius 2 is 2.27 bits per heavy atom. The molecule has 0 spiro atoms. The van der Waals surface area contributed by atoms with Crippen LogP contribution >= 0.6 is 11.3 Å². The van der Waals surface area contributed by atoms with Gasteiger partial charge in [0.05, 0.1) is 19.4 Å². The molecule has 0 saturated carbocycles. The Labute approximate surface area is 91.0 Å². The summed E-state index contributed by atoms with van der Waals surface area (Å²) < 4.78 is 9.24. The summed E-state index contributed by atoms with van der Waals surface area (Å²) in [6.07, 6.45) is -0.582. The fourth-order valence-corrected chi connectivity index (χ4v) is 1.70. The zero-order valence-corrected chi connectivity index (χ0v) is 9.22. The van der Waals surface area contributed by atoms with E-state index in [1.807, 2.05) is 0 Å². The molecule has 0 aliphatic carbocycles. The number of carbonyl (C=O) groups excluding carboxylic acids is 2. The summed E-state index contributed by atoms with van der Waals surface area (Å²) in [5, 5.41) is 4.14. The summed E-state index contributed by atoms with van der Waals surface area (Å²) in [4.78, 5) is 22.7. The summed E-state index contributed by atoms with van der Waals surface area (Å²) in [6, 6.07) is 1.62. The molecule has 1 amide bonds. The molecular weight excluding hydrogens is 218 g/mol. The van der Waals surface area contributed by atoms with Crippen molar-refractivity contribution in [2.45, 2.75) is 6.92 Å². The van der Waals surface area contributed by atoms with Gasteiger partial charge in [0.1, 0.15) is 4.88 Å². The maximum absolute atomic E-state index is 11.2. The van der Waals surface area contributed by atoms with Gasteiger partial charge in [-0.1, -0.05) is 0 Å². The van der Waals surface area contributed by atoms with Crippen LogP contribution in [0.15, 0.2) is 11.4 Å². The Kier molecular flexibility index (Phi) is 4.11. The number of rotatable bonds is 3. The van der Waals surface area contributed by atoms with Gasteiger partial charge in [0.25, 0.3) is 0 Å². The van der Waals surface area contributed by atoms with E-state index in [2.05, 4.69) is 14.8 Å². The van der Waals surface area contributed by atoms with Crippen molar-refractivity contribution in [2.75, 3.05) is 19.0 Å². The molecule has 1 aromatic rings. The lowest BCUT2D eigenvalue weighted by atomic mass is 10.4. The molecule has 0 radical (unpaired) electrons. The first-order chi connectivity index (χ1) is 7.19. The normalized spacial score (nSPS) is 9.47. The van der Waals surface area contributed by atoms with Crippen LogP contribution in [-0.4, -0.2) is 25.8 Å². The van der Waals surface area contributed by atoms with Crippen molar-refractivity contribution < 1.29 is 19.1 Å². The molecule has 0 bridgehead atoms. The Bertz CT molecular complexity index is 361. The molecule has 82 valence electrons. The molecule has 1 rings (SSSR count). The zero-order chi connectivity index (χ0) is 11.3. The maximum atomic E-state index is 11.2. The number of esters is 1. The topological polar surface area (TPSA) is 64.6 Å². The molecule has 6 heteroatoms. The fourth-order valence-electron chi connectivity index (χ4n) is 0.936. The lowest BCUT2D eigenvalue weighted by Crippen LogP contribution is -2.14. The summed E-state index contributed by atoms with van der Waals surface area (Å²) in [5.41, 5.74) is 0.408. The van der Waals surface area contributed by atoms with Gasteiger partial charge in [0, 0.05) is 0 Å². The standard InChI is InChI=1S/C9H11NO4S/c1-3-14-9(12)10-6-4-5-15-7(6)8(11)13-2/h4-5H,3H2,1-2H3,(H,10,12). The first-order valence-corrected chi connectivity index (χ1v) is 5.16. The molecule has 0 fully saturated rings. The maximum Gasteiger partial charge on any atom is 0.411 e. The van der Waals surface area contributed by atoms with Crippen LogP contribution in [0.5, 0.6) is 0 Å². The van der Waals surface area contributed by atoms with E-state index in [9.17, 15) is 9.59 Å². The minimum absolute atomic E-state index is 0.281. The predicted molar refractivity (Wildman–Crippen MR) is 56.3 cm³/mol. The van der Waals surface area contributed by atoms with E-state index in [0.717, 1.165) is 0 Å². The number of carbonyl (C=O) groups is 2. The second-order valence-corrected chi connectivity index (χ2v) is 3.42. The van der Waals surface area contributed by atoms with Gasteiger partial charge in [0.2, 0.25) is 0 Å². The van der Waals surface area contributed by atoms with Gasteiger partial charge in [0.15, 0.2) is 0 Å². The van der Waals surface area contributed by atoms with E-state index in [1.54, 1.807) is 18.4 Å². The molecular formula is C9H11NO4S. The molecule has 0 aromatic carbocycles. The second kappa shape index (κ2) is 5.35. The molecule has 15 heavy (non-hydrogen) atoms. The van der Waals surface area contributed by atoms with Crippen LogP contribution in [0.25, 0.3) is 0 Å². The number of amides is 1. The number of hydrogen-bond donors (Lipinski definition) is 1. The van der Waals surface area contributed by atoms with Crippen LogP contribution in [-0.2, 0) is 9.47 Å². The molecule has 5 nitrogen and oxygen atoms in total. The minimum Gasteiger partial charge on any atom is -0.465 e. The Morgan fingerprint density at radius 3 is 2.87 bits per heavy atom. The third kappa shape index (κ3) is 2.95. The molecule has 0 saturated heterocycles. The largest absolute Gasteiger partial charge is 0.465 e. The third-order valence-electron chi connectivity index (χ3n) is 1.55. The lowest BCUT2D eigenvalue weighted by Gasteiger charge is -2.04. The summed E-state index contributed by atoms with van der Waals surface area (Å²) >= 11 is 1.20. The molecule has 0 atom stereocenters. The second-order valence-electron chi connectivity index (χ2n) is 2.50. The Balaban J connectivity index is 2.73. The van der Waals surface area contributed by atoms with E-state index < -0.39 is 12.1 Å². The molecule has 1 heterocycles. The minimum atomic E-state index is -0.582. The highest BCUT2D eigenvalue weighted by Crippen LogP contribution is 2.23. The van der Waals surface area contributed by atoms with Crippen molar-refractivity contribution >= 4 is 29.1 Å². The summed E-state index contributed by atoms with van der Waals surface area (Å²) in [7, 11) is 1.29. The van der Waals surface area contributed by atoms with Gasteiger partial charge in [-0.05, 0) is 18.4 Å². The van der Waals surface area contributed by atoms with Crippen molar-refractivity contribution in [3.63, 3.8) is 0 Å². The van der Waals surface area contributed by atoms with Crippen LogP contribution in [0, 0.1) is 0 Å². The van der Waals surface area contributed by atoms with E-state index in [4.69, 9.17) is 0 Å². The zero-order valence-electron chi connectivity index (χ0n) is 8.40. The SMILES string of the molecule is CCOC(=O)Nc1ccsc1C(=O)OC. The lowest BCUT2D eigenvalue weighted by molar-refractivity contribution is 0.0607. The molecule has 0 aliphatic rings. The van der Waals surface area contributed by atoms with Crippen LogP contribution < -0.4 is 5.32 Å². The van der Waals surface area contributed by atoms with Crippen LogP contribution in [0.3, 0.4) is 0 Å². The number of nitrogens with one attached hydrogen (secondary N) is 1. The van der Waals surface area contributed by atoms with Crippen molar-refractivity contribution in [3.05, 3.63) is 16.3 Å². The fraction of sp³-hybridized carbons (Fsp3) is 0.333. The number of thiophene rings is 1. The quantitative estimate of drug-likeness (QED) is 0.806. The van der Waals surface area contributed by atoms with Gasteiger partial charge in [-0.2, -0.15) is 0 Å². The first-order valence-electron chi connectivity index (χ1n) is 4.28. The Morgan fingerprint density at radius 1 is 1.53 bits per heavy atom. The van der Waals surface area contributed by atoms with Crippen molar-refractivity contribution in [2.24, 2.45) is 0 Å². The van der Waals surface area contributed by atoms with Crippen LogP contribution in [0.4, 0.5) is 10.5 Å². The molecule has 1 N–H and O–H groups in total. The van der Waals surface area contributed by atoms with Gasteiger partial charge in [-0.3, -0.25) is 5.32 Å². The number of hydrogen-bond acceptors (Lipinski definition) is 5. The third-order valence-corrected chi connectivity index (χ3v) is 2.44. The number of anilines is 1. The molecule has 0 aliphatic heterocycles. The van der Waals surface area contributed by atoms with E-state index in [-0.39, 0.29) is 6.61 Å². The highest BCUT2D eigenvalue weighted by Gasteiger charge is 2.15. The van der Waals surface area contributed by atoms with Gasteiger partial charge in [-0.25, -0.2) is 9.59 Å². The molecule has 1 aromatic heterocycles. The van der Waals surface area contributed by atoms with E-state index >= 15 is 0 Å². The predicted octanol–water partition coefficient (Wildman–Crippen LogP) is 2.10. The summed E-state index contributed by atoms with van der Waals surface area (Å²) in [5.74, 6) is -0.475. The van der Waals surface area contributed by atoms with E-state index in [0.29, 0.717) is 10.6 Å². The number of ether oxygens (including phenoxy) is 2. The van der Waals surface area contributed by atoms with Crippen molar-refractivity contribution in [3.8, 4) is 0 Å². The van der Waals surface area contributed by atoms with Crippen molar-refractivity contribution in [1.29, 1.82) is 0 Å². The summed E-state index contributed by atoms with van der Waals surface area (Å²) in [6.45, 7) is 1.98. The number of methoxy groups -OCH3 is 1. The van der Waals surface area contributed by atoms with Crippen LogP contribution in [0.1, 0.15) is 16.6 Å². The smallest absolute Gasteiger partial charge is 0.411 e. The highest BCUT2D eigenvalue weighted by atomic mass is 32.1. The van der Waals surface area contributed by atoms with Gasteiger partial charge < -0.3 is 9.47 Å². The van der Waals surface area contributed by atoms with Crippen molar-refractivity contribution in [1.82, 2.24) is 0 Å².